The second kappa shape index (κ2) is 7.09. The van der Waals surface area contributed by atoms with E-state index in [0.717, 1.165) is 29.2 Å². The van der Waals surface area contributed by atoms with Crippen LogP contribution in [0.5, 0.6) is 5.75 Å². The minimum Gasteiger partial charge on any atom is -0.496 e. The molecule has 22 heavy (non-hydrogen) atoms. The van der Waals surface area contributed by atoms with Crippen molar-refractivity contribution >= 4 is 29.7 Å². The summed E-state index contributed by atoms with van der Waals surface area (Å²) in [6.07, 6.45) is 1.80. The molecule has 5 nitrogen and oxygen atoms in total. The summed E-state index contributed by atoms with van der Waals surface area (Å²) in [6.45, 7) is 0.363. The standard InChI is InChI=1S/C15H17N3O2S.ClH/c1-20-13-4-2-3-9-10(13)5-6-11(9)18-15(19)12-8-21-14(7-16)17-12;/h2-4,8,11H,5-7,16H2,1H3,(H,18,19);1H. The van der Waals surface area contributed by atoms with Gasteiger partial charge in [-0.1, -0.05) is 12.1 Å². The molecule has 118 valence electrons. The first kappa shape index (κ1) is 16.7. The number of halogens is 1. The Bertz CT molecular complexity index is 675. The lowest BCUT2D eigenvalue weighted by Crippen LogP contribution is -2.27. The number of nitrogens with two attached hydrogens (primary N) is 1. The average molecular weight is 340 g/mol. The van der Waals surface area contributed by atoms with E-state index in [4.69, 9.17) is 10.5 Å². The fourth-order valence-corrected chi connectivity index (χ4v) is 3.36. The van der Waals surface area contributed by atoms with E-state index in [1.807, 2.05) is 18.2 Å². The van der Waals surface area contributed by atoms with Crippen molar-refractivity contribution in [3.8, 4) is 5.75 Å². The van der Waals surface area contributed by atoms with Gasteiger partial charge in [0.05, 0.1) is 13.2 Å². The first-order valence-electron chi connectivity index (χ1n) is 6.84. The Hall–Kier alpha value is -1.63. The monoisotopic (exact) mass is 339 g/mol. The minimum absolute atomic E-state index is 0. The van der Waals surface area contributed by atoms with Gasteiger partial charge in [0.25, 0.3) is 5.91 Å². The van der Waals surface area contributed by atoms with Gasteiger partial charge in [0.1, 0.15) is 16.5 Å². The summed E-state index contributed by atoms with van der Waals surface area (Å²) in [5.74, 6) is 0.745. The Labute approximate surface area is 139 Å². The molecule has 0 saturated heterocycles. The third-order valence-corrected chi connectivity index (χ3v) is 4.58. The number of hydrogen-bond acceptors (Lipinski definition) is 5. The molecule has 2 aromatic rings. The van der Waals surface area contributed by atoms with Crippen LogP contribution in [0.15, 0.2) is 23.6 Å². The second-order valence-electron chi connectivity index (χ2n) is 4.92. The largest absolute Gasteiger partial charge is 0.496 e. The number of methoxy groups -OCH3 is 1. The lowest BCUT2D eigenvalue weighted by atomic mass is 10.1. The molecule has 1 aromatic carbocycles. The molecule has 1 aliphatic rings. The Morgan fingerprint density at radius 2 is 2.36 bits per heavy atom. The van der Waals surface area contributed by atoms with Crippen molar-refractivity contribution in [2.75, 3.05) is 7.11 Å². The first-order valence-corrected chi connectivity index (χ1v) is 7.72. The van der Waals surface area contributed by atoms with Crippen LogP contribution in [0.1, 0.15) is 39.1 Å². The first-order chi connectivity index (χ1) is 10.2. The zero-order valence-electron chi connectivity index (χ0n) is 12.2. The van der Waals surface area contributed by atoms with Gasteiger partial charge >= 0.3 is 0 Å². The second-order valence-corrected chi connectivity index (χ2v) is 5.87. The summed E-state index contributed by atoms with van der Waals surface area (Å²) in [4.78, 5) is 16.5. The molecule has 3 N–H and O–H groups in total. The van der Waals surface area contributed by atoms with E-state index in [1.165, 1.54) is 16.9 Å². The van der Waals surface area contributed by atoms with E-state index < -0.39 is 0 Å². The Balaban J connectivity index is 0.00000176. The van der Waals surface area contributed by atoms with Crippen molar-refractivity contribution in [2.45, 2.75) is 25.4 Å². The van der Waals surface area contributed by atoms with Crippen LogP contribution in [0.25, 0.3) is 0 Å². The van der Waals surface area contributed by atoms with E-state index in [1.54, 1.807) is 12.5 Å². The molecule has 0 spiro atoms. The highest BCUT2D eigenvalue weighted by molar-refractivity contribution is 7.09. The maximum atomic E-state index is 12.3. The van der Waals surface area contributed by atoms with Crippen molar-refractivity contribution in [3.63, 3.8) is 0 Å². The molecule has 0 radical (unpaired) electrons. The fourth-order valence-electron chi connectivity index (χ4n) is 2.70. The molecule has 0 fully saturated rings. The molecule has 1 amide bonds. The molecule has 1 aromatic heterocycles. The average Bonchev–Trinajstić information content (AvgIpc) is 3.14. The van der Waals surface area contributed by atoms with Crippen molar-refractivity contribution in [1.29, 1.82) is 0 Å². The van der Waals surface area contributed by atoms with Crippen molar-refractivity contribution in [1.82, 2.24) is 10.3 Å². The van der Waals surface area contributed by atoms with Gasteiger partial charge < -0.3 is 15.8 Å². The number of carbonyl (C=O) groups is 1. The quantitative estimate of drug-likeness (QED) is 0.897. The zero-order valence-corrected chi connectivity index (χ0v) is 13.8. The highest BCUT2D eigenvalue weighted by atomic mass is 35.5. The lowest BCUT2D eigenvalue weighted by molar-refractivity contribution is 0.0932. The third-order valence-electron chi connectivity index (χ3n) is 3.71. The molecule has 0 aliphatic heterocycles. The summed E-state index contributed by atoms with van der Waals surface area (Å²) in [6, 6.07) is 5.97. The van der Waals surface area contributed by atoms with E-state index in [-0.39, 0.29) is 24.4 Å². The Morgan fingerprint density at radius 3 is 3.05 bits per heavy atom. The van der Waals surface area contributed by atoms with Crippen LogP contribution in [0.3, 0.4) is 0 Å². The normalized spacial score (nSPS) is 15.8. The number of benzene rings is 1. The van der Waals surface area contributed by atoms with Crippen molar-refractivity contribution in [2.24, 2.45) is 5.73 Å². The number of nitrogens with one attached hydrogen (secondary N) is 1. The molecule has 3 rings (SSSR count). The molecular formula is C15H18ClN3O2S. The van der Waals surface area contributed by atoms with E-state index >= 15 is 0 Å². The van der Waals surface area contributed by atoms with E-state index in [0.29, 0.717) is 12.2 Å². The van der Waals surface area contributed by atoms with Crippen LogP contribution < -0.4 is 15.8 Å². The molecular weight excluding hydrogens is 322 g/mol. The van der Waals surface area contributed by atoms with E-state index in [9.17, 15) is 4.79 Å². The summed E-state index contributed by atoms with van der Waals surface area (Å²) >= 11 is 1.41. The number of amides is 1. The number of nitrogens with zero attached hydrogens (tertiary/aromatic N) is 1. The Kier molecular flexibility index (Phi) is 5.39. The summed E-state index contributed by atoms with van der Waals surface area (Å²) < 4.78 is 5.38. The number of thiazole rings is 1. The van der Waals surface area contributed by atoms with Gasteiger partial charge in [0, 0.05) is 11.9 Å². The van der Waals surface area contributed by atoms with Gasteiger partial charge in [-0.05, 0) is 30.0 Å². The van der Waals surface area contributed by atoms with Crippen LogP contribution in [-0.2, 0) is 13.0 Å². The number of carbonyl (C=O) groups excluding carboxylic acids is 1. The van der Waals surface area contributed by atoms with Crippen LogP contribution in [0, 0.1) is 0 Å². The highest BCUT2D eigenvalue weighted by Crippen LogP contribution is 2.36. The van der Waals surface area contributed by atoms with Gasteiger partial charge in [-0.3, -0.25) is 4.79 Å². The SMILES string of the molecule is COc1cccc2c1CCC2NC(=O)c1csc(CN)n1.Cl. The zero-order chi connectivity index (χ0) is 14.8. The third kappa shape index (κ3) is 3.09. The predicted octanol–water partition coefficient (Wildman–Crippen LogP) is 2.45. The summed E-state index contributed by atoms with van der Waals surface area (Å²) in [5.41, 5.74) is 8.29. The smallest absolute Gasteiger partial charge is 0.271 e. The molecule has 7 heteroatoms. The highest BCUT2D eigenvalue weighted by Gasteiger charge is 2.27. The van der Waals surface area contributed by atoms with Crippen LogP contribution >= 0.6 is 23.7 Å². The minimum atomic E-state index is -0.147. The van der Waals surface area contributed by atoms with Crippen LogP contribution in [-0.4, -0.2) is 18.0 Å². The lowest BCUT2D eigenvalue weighted by Gasteiger charge is -2.14. The van der Waals surface area contributed by atoms with Crippen LogP contribution in [0.2, 0.25) is 0 Å². The van der Waals surface area contributed by atoms with Gasteiger partial charge in [0.15, 0.2) is 0 Å². The Morgan fingerprint density at radius 1 is 1.55 bits per heavy atom. The summed E-state index contributed by atoms with van der Waals surface area (Å²) in [7, 11) is 1.67. The van der Waals surface area contributed by atoms with Gasteiger partial charge in [-0.15, -0.1) is 23.7 Å². The molecule has 1 aliphatic carbocycles. The van der Waals surface area contributed by atoms with Gasteiger partial charge in [-0.25, -0.2) is 4.98 Å². The molecule has 0 bridgehead atoms. The molecule has 1 heterocycles. The maximum Gasteiger partial charge on any atom is 0.271 e. The van der Waals surface area contributed by atoms with E-state index in [2.05, 4.69) is 10.3 Å². The van der Waals surface area contributed by atoms with Crippen LogP contribution in [0.4, 0.5) is 0 Å². The maximum absolute atomic E-state index is 12.3. The number of aromatic nitrogens is 1. The van der Waals surface area contributed by atoms with Crippen molar-refractivity contribution in [3.05, 3.63) is 45.4 Å². The predicted molar refractivity (Wildman–Crippen MR) is 88.8 cm³/mol. The number of rotatable bonds is 4. The number of ether oxygens (including phenoxy) is 1. The molecule has 0 saturated carbocycles. The molecule has 1 unspecified atom stereocenters. The molecule has 1 atom stereocenters. The van der Waals surface area contributed by atoms with Crippen molar-refractivity contribution < 1.29 is 9.53 Å². The number of hydrogen-bond donors (Lipinski definition) is 2. The van der Waals surface area contributed by atoms with Gasteiger partial charge in [-0.2, -0.15) is 0 Å². The number of fused-ring (bicyclic) bond motifs is 1. The fraction of sp³-hybridized carbons (Fsp3) is 0.333. The topological polar surface area (TPSA) is 77.2 Å². The summed E-state index contributed by atoms with van der Waals surface area (Å²) in [5, 5.41) is 5.57. The van der Waals surface area contributed by atoms with Gasteiger partial charge in [0.2, 0.25) is 0 Å².